The minimum Gasteiger partial charge on any atom is -0.487 e. The molecule has 0 amide bonds. The highest BCUT2D eigenvalue weighted by Gasteiger charge is 2.11. The Labute approximate surface area is 110 Å². The molecule has 0 heterocycles. The molecule has 4 heteroatoms. The molecule has 0 aliphatic rings. The molecular formula is C15H14F2O2. The molecule has 0 bridgehead atoms. The first-order valence-electron chi connectivity index (χ1n) is 5.98. The second kappa shape index (κ2) is 6.29. The van der Waals surface area contributed by atoms with E-state index < -0.39 is 23.5 Å². The van der Waals surface area contributed by atoms with Crippen molar-refractivity contribution in [3.63, 3.8) is 0 Å². The predicted octanol–water partition coefficient (Wildman–Crippen LogP) is 3.47. The summed E-state index contributed by atoms with van der Waals surface area (Å²) in [5.41, 5.74) is 0.750. The van der Waals surface area contributed by atoms with Crippen LogP contribution in [0.5, 0.6) is 5.75 Å². The molecule has 0 spiro atoms. The maximum absolute atomic E-state index is 13.3. The molecule has 1 N–H and O–H groups in total. The number of halogens is 2. The van der Waals surface area contributed by atoms with E-state index in [9.17, 15) is 13.9 Å². The van der Waals surface area contributed by atoms with Crippen molar-refractivity contribution in [2.45, 2.75) is 12.5 Å². The summed E-state index contributed by atoms with van der Waals surface area (Å²) in [5.74, 6) is -1.88. The largest absolute Gasteiger partial charge is 0.487 e. The van der Waals surface area contributed by atoms with Crippen LogP contribution >= 0.6 is 0 Å². The molecular weight excluding hydrogens is 250 g/mol. The Morgan fingerprint density at radius 1 is 0.947 bits per heavy atom. The lowest BCUT2D eigenvalue weighted by molar-refractivity contribution is 0.137. The van der Waals surface area contributed by atoms with Crippen LogP contribution in [0.2, 0.25) is 0 Å². The highest BCUT2D eigenvalue weighted by molar-refractivity contribution is 5.26. The van der Waals surface area contributed by atoms with E-state index in [-0.39, 0.29) is 13.0 Å². The number of para-hydroxylation sites is 1. The Hall–Kier alpha value is -1.94. The second-order valence-corrected chi connectivity index (χ2v) is 4.11. The summed E-state index contributed by atoms with van der Waals surface area (Å²) < 4.78 is 31.6. The molecule has 19 heavy (non-hydrogen) atoms. The molecule has 2 aromatic rings. The number of ether oxygens (including phenoxy) is 1. The Kier molecular flexibility index (Phi) is 4.47. The first-order chi connectivity index (χ1) is 9.18. The van der Waals surface area contributed by atoms with Crippen LogP contribution in [-0.4, -0.2) is 11.7 Å². The van der Waals surface area contributed by atoms with Crippen LogP contribution in [0, 0.1) is 11.6 Å². The van der Waals surface area contributed by atoms with E-state index in [1.165, 1.54) is 6.07 Å². The lowest BCUT2D eigenvalue weighted by Crippen LogP contribution is -2.07. The molecule has 1 atom stereocenters. The van der Waals surface area contributed by atoms with Gasteiger partial charge < -0.3 is 9.84 Å². The lowest BCUT2D eigenvalue weighted by Gasteiger charge is -2.12. The fourth-order valence-corrected chi connectivity index (χ4v) is 1.73. The summed E-state index contributed by atoms with van der Waals surface area (Å²) in [7, 11) is 0. The fourth-order valence-electron chi connectivity index (χ4n) is 1.73. The maximum Gasteiger partial charge on any atom is 0.190 e. The van der Waals surface area contributed by atoms with Crippen LogP contribution < -0.4 is 4.74 Å². The minimum atomic E-state index is -0.741. The standard InChI is InChI=1S/C15H14F2O2/c16-12-7-4-8-13(17)15(12)19-10-9-14(18)11-5-2-1-3-6-11/h1-8,14,18H,9-10H2. The lowest BCUT2D eigenvalue weighted by atomic mass is 10.1. The van der Waals surface area contributed by atoms with Gasteiger partial charge in [0.25, 0.3) is 0 Å². The Balaban J connectivity index is 1.90. The van der Waals surface area contributed by atoms with Gasteiger partial charge in [-0.15, -0.1) is 0 Å². The van der Waals surface area contributed by atoms with Gasteiger partial charge >= 0.3 is 0 Å². The highest BCUT2D eigenvalue weighted by atomic mass is 19.1. The number of aliphatic hydroxyl groups excluding tert-OH is 1. The molecule has 0 aromatic heterocycles. The van der Waals surface area contributed by atoms with E-state index in [1.807, 2.05) is 18.2 Å². The van der Waals surface area contributed by atoms with Gasteiger partial charge in [-0.3, -0.25) is 0 Å². The van der Waals surface area contributed by atoms with Crippen molar-refractivity contribution in [1.29, 1.82) is 0 Å². The monoisotopic (exact) mass is 264 g/mol. The summed E-state index contributed by atoms with van der Waals surface area (Å²) in [6.45, 7) is 0.0356. The summed E-state index contributed by atoms with van der Waals surface area (Å²) in [4.78, 5) is 0. The summed E-state index contributed by atoms with van der Waals surface area (Å²) in [6.07, 6.45) is -0.450. The van der Waals surface area contributed by atoms with E-state index in [4.69, 9.17) is 4.74 Å². The Morgan fingerprint density at radius 2 is 1.58 bits per heavy atom. The second-order valence-electron chi connectivity index (χ2n) is 4.11. The van der Waals surface area contributed by atoms with Crippen LogP contribution in [0.15, 0.2) is 48.5 Å². The van der Waals surface area contributed by atoms with Crippen LogP contribution in [0.4, 0.5) is 8.78 Å². The summed E-state index contributed by atoms with van der Waals surface area (Å²) in [5, 5.41) is 9.87. The topological polar surface area (TPSA) is 29.5 Å². The van der Waals surface area contributed by atoms with Gasteiger partial charge in [0.2, 0.25) is 0 Å². The molecule has 100 valence electrons. The van der Waals surface area contributed by atoms with E-state index in [2.05, 4.69) is 0 Å². The summed E-state index contributed by atoms with van der Waals surface area (Å²) >= 11 is 0. The van der Waals surface area contributed by atoms with Crippen LogP contribution in [0.25, 0.3) is 0 Å². The average molecular weight is 264 g/mol. The summed E-state index contributed by atoms with van der Waals surface area (Å²) in [6, 6.07) is 12.6. The van der Waals surface area contributed by atoms with Gasteiger partial charge in [0, 0.05) is 6.42 Å². The van der Waals surface area contributed by atoms with Crippen molar-refractivity contribution in [2.24, 2.45) is 0 Å². The predicted molar refractivity (Wildman–Crippen MR) is 67.9 cm³/mol. The molecule has 0 aliphatic carbocycles. The minimum absolute atomic E-state index is 0.0356. The molecule has 0 fully saturated rings. The molecule has 1 unspecified atom stereocenters. The van der Waals surface area contributed by atoms with Gasteiger partial charge in [0.05, 0.1) is 12.7 Å². The first-order valence-corrected chi connectivity index (χ1v) is 5.98. The van der Waals surface area contributed by atoms with E-state index >= 15 is 0 Å². The van der Waals surface area contributed by atoms with Crippen LogP contribution in [0.3, 0.4) is 0 Å². The maximum atomic E-state index is 13.3. The van der Waals surface area contributed by atoms with Gasteiger partial charge in [-0.1, -0.05) is 36.4 Å². The van der Waals surface area contributed by atoms with Crippen LogP contribution in [0.1, 0.15) is 18.1 Å². The average Bonchev–Trinajstić information content (AvgIpc) is 2.43. The van der Waals surface area contributed by atoms with Gasteiger partial charge in [-0.05, 0) is 17.7 Å². The van der Waals surface area contributed by atoms with E-state index in [0.29, 0.717) is 0 Å². The Bertz CT molecular complexity index is 509. The number of aliphatic hydroxyl groups is 1. The molecule has 2 aromatic carbocycles. The third-order valence-corrected chi connectivity index (χ3v) is 2.74. The molecule has 0 saturated heterocycles. The fraction of sp³-hybridized carbons (Fsp3) is 0.200. The van der Waals surface area contributed by atoms with Gasteiger partial charge in [-0.2, -0.15) is 0 Å². The van der Waals surface area contributed by atoms with Crippen molar-refractivity contribution in [2.75, 3.05) is 6.61 Å². The molecule has 0 aliphatic heterocycles. The first kappa shape index (κ1) is 13.5. The number of rotatable bonds is 5. The zero-order valence-corrected chi connectivity index (χ0v) is 10.2. The van der Waals surface area contributed by atoms with Crippen molar-refractivity contribution in [3.05, 3.63) is 65.7 Å². The number of hydrogen-bond donors (Lipinski definition) is 1. The molecule has 0 saturated carbocycles. The number of hydrogen-bond acceptors (Lipinski definition) is 2. The zero-order chi connectivity index (χ0) is 13.7. The van der Waals surface area contributed by atoms with Crippen molar-refractivity contribution in [1.82, 2.24) is 0 Å². The normalized spacial score (nSPS) is 12.2. The van der Waals surface area contributed by atoms with Crippen molar-refractivity contribution >= 4 is 0 Å². The molecule has 2 rings (SSSR count). The van der Waals surface area contributed by atoms with E-state index in [0.717, 1.165) is 17.7 Å². The zero-order valence-electron chi connectivity index (χ0n) is 10.2. The highest BCUT2D eigenvalue weighted by Crippen LogP contribution is 2.22. The van der Waals surface area contributed by atoms with Gasteiger partial charge in [0.1, 0.15) is 0 Å². The Morgan fingerprint density at radius 3 is 2.21 bits per heavy atom. The van der Waals surface area contributed by atoms with Gasteiger partial charge in [0.15, 0.2) is 17.4 Å². The molecule has 2 nitrogen and oxygen atoms in total. The van der Waals surface area contributed by atoms with Gasteiger partial charge in [-0.25, -0.2) is 8.78 Å². The third-order valence-electron chi connectivity index (χ3n) is 2.74. The SMILES string of the molecule is OC(CCOc1c(F)cccc1F)c1ccccc1. The smallest absolute Gasteiger partial charge is 0.190 e. The van der Waals surface area contributed by atoms with E-state index in [1.54, 1.807) is 12.1 Å². The molecule has 0 radical (unpaired) electrons. The van der Waals surface area contributed by atoms with Crippen molar-refractivity contribution < 1.29 is 18.6 Å². The quantitative estimate of drug-likeness (QED) is 0.896. The van der Waals surface area contributed by atoms with Crippen LogP contribution in [-0.2, 0) is 0 Å². The van der Waals surface area contributed by atoms with Crippen molar-refractivity contribution in [3.8, 4) is 5.75 Å². The number of benzene rings is 2. The third kappa shape index (κ3) is 3.51.